The SMILES string of the molecule is CC[C@H](N)c1ccc(N2CCC(C)C(OC)C2)cn1. The molecular weight excluding hydrogens is 238 g/mol. The molecule has 0 amide bonds. The second-order valence-corrected chi connectivity index (χ2v) is 5.44. The predicted octanol–water partition coefficient (Wildman–Crippen LogP) is 2.35. The Hall–Kier alpha value is -1.13. The number of methoxy groups -OCH3 is 1. The van der Waals surface area contributed by atoms with Crippen LogP contribution in [0.15, 0.2) is 18.3 Å². The molecule has 0 spiro atoms. The molecule has 1 aliphatic rings. The minimum absolute atomic E-state index is 0.0437. The van der Waals surface area contributed by atoms with E-state index >= 15 is 0 Å². The van der Waals surface area contributed by atoms with Crippen LogP contribution >= 0.6 is 0 Å². The summed E-state index contributed by atoms with van der Waals surface area (Å²) in [6.07, 6.45) is 4.33. The van der Waals surface area contributed by atoms with Crippen molar-refractivity contribution < 1.29 is 4.74 Å². The zero-order valence-electron chi connectivity index (χ0n) is 12.2. The maximum Gasteiger partial charge on any atom is 0.0772 e. The minimum atomic E-state index is 0.0437. The first-order valence-electron chi connectivity index (χ1n) is 7.15. The summed E-state index contributed by atoms with van der Waals surface area (Å²) < 4.78 is 5.55. The van der Waals surface area contributed by atoms with Crippen LogP contribution in [0.5, 0.6) is 0 Å². The second-order valence-electron chi connectivity index (χ2n) is 5.44. The molecule has 4 heteroatoms. The summed E-state index contributed by atoms with van der Waals surface area (Å²) >= 11 is 0. The molecule has 0 radical (unpaired) electrons. The first kappa shape index (κ1) is 14.3. The van der Waals surface area contributed by atoms with Gasteiger partial charge in [-0.25, -0.2) is 0 Å². The predicted molar refractivity (Wildman–Crippen MR) is 78.2 cm³/mol. The molecule has 2 unspecified atom stereocenters. The molecule has 19 heavy (non-hydrogen) atoms. The fourth-order valence-electron chi connectivity index (χ4n) is 2.59. The van der Waals surface area contributed by atoms with Gasteiger partial charge in [-0.15, -0.1) is 0 Å². The van der Waals surface area contributed by atoms with Gasteiger partial charge in [-0.3, -0.25) is 4.98 Å². The Balaban J connectivity index is 2.06. The van der Waals surface area contributed by atoms with Gasteiger partial charge in [0.05, 0.1) is 23.7 Å². The Labute approximate surface area is 116 Å². The Morgan fingerprint density at radius 1 is 1.53 bits per heavy atom. The summed E-state index contributed by atoms with van der Waals surface area (Å²) in [6.45, 7) is 6.35. The van der Waals surface area contributed by atoms with E-state index in [1.165, 1.54) is 5.69 Å². The summed E-state index contributed by atoms with van der Waals surface area (Å²) in [4.78, 5) is 6.84. The fraction of sp³-hybridized carbons (Fsp3) is 0.667. The standard InChI is InChI=1S/C15H25N3O/c1-4-13(16)14-6-5-12(9-17-14)18-8-7-11(2)15(10-18)19-3/h5-6,9,11,13,15H,4,7-8,10,16H2,1-3H3/t11?,13-,15?/m0/s1. The Kier molecular flexibility index (Phi) is 4.77. The number of hydrogen-bond donors (Lipinski definition) is 1. The van der Waals surface area contributed by atoms with Crippen LogP contribution in [0.4, 0.5) is 5.69 Å². The number of pyridine rings is 1. The van der Waals surface area contributed by atoms with E-state index in [1.54, 1.807) is 7.11 Å². The number of hydrogen-bond acceptors (Lipinski definition) is 4. The molecule has 2 heterocycles. The van der Waals surface area contributed by atoms with Crippen LogP contribution in [0.1, 0.15) is 38.4 Å². The second kappa shape index (κ2) is 6.35. The topological polar surface area (TPSA) is 51.4 Å². The molecule has 0 bridgehead atoms. The highest BCUT2D eigenvalue weighted by Crippen LogP contribution is 2.25. The van der Waals surface area contributed by atoms with Crippen molar-refractivity contribution in [3.8, 4) is 0 Å². The third-order valence-electron chi connectivity index (χ3n) is 4.15. The van der Waals surface area contributed by atoms with Crippen molar-refractivity contribution in [2.75, 3.05) is 25.1 Å². The minimum Gasteiger partial charge on any atom is -0.379 e. The first-order valence-corrected chi connectivity index (χ1v) is 7.15. The lowest BCUT2D eigenvalue weighted by Crippen LogP contribution is -2.44. The number of piperidine rings is 1. The van der Waals surface area contributed by atoms with Gasteiger partial charge >= 0.3 is 0 Å². The third-order valence-corrected chi connectivity index (χ3v) is 4.15. The third kappa shape index (κ3) is 3.25. The molecule has 0 aromatic carbocycles. The van der Waals surface area contributed by atoms with E-state index in [2.05, 4.69) is 29.8 Å². The van der Waals surface area contributed by atoms with Crippen molar-refractivity contribution >= 4 is 5.69 Å². The van der Waals surface area contributed by atoms with Crippen LogP contribution in [0.2, 0.25) is 0 Å². The van der Waals surface area contributed by atoms with E-state index in [1.807, 2.05) is 12.3 Å². The molecule has 106 valence electrons. The van der Waals surface area contributed by atoms with Gasteiger partial charge in [0, 0.05) is 26.2 Å². The number of nitrogens with zero attached hydrogens (tertiary/aromatic N) is 2. The molecular formula is C15H25N3O. The average Bonchev–Trinajstić information content (AvgIpc) is 2.47. The van der Waals surface area contributed by atoms with Gasteiger partial charge in [0.15, 0.2) is 0 Å². The van der Waals surface area contributed by atoms with Crippen LogP contribution < -0.4 is 10.6 Å². The lowest BCUT2D eigenvalue weighted by molar-refractivity contribution is 0.0498. The Bertz CT molecular complexity index is 393. The van der Waals surface area contributed by atoms with E-state index < -0.39 is 0 Å². The molecule has 1 aromatic heterocycles. The van der Waals surface area contributed by atoms with Gasteiger partial charge in [0.1, 0.15) is 0 Å². The monoisotopic (exact) mass is 263 g/mol. The van der Waals surface area contributed by atoms with Gasteiger partial charge < -0.3 is 15.4 Å². The molecule has 1 saturated heterocycles. The summed E-state index contributed by atoms with van der Waals surface area (Å²) in [7, 11) is 1.80. The molecule has 1 aromatic rings. The summed E-state index contributed by atoms with van der Waals surface area (Å²) in [5.74, 6) is 0.627. The quantitative estimate of drug-likeness (QED) is 0.906. The number of aromatic nitrogens is 1. The maximum absolute atomic E-state index is 5.99. The van der Waals surface area contributed by atoms with Crippen molar-refractivity contribution in [2.45, 2.75) is 38.8 Å². The van der Waals surface area contributed by atoms with E-state index in [0.717, 1.165) is 31.6 Å². The zero-order valence-corrected chi connectivity index (χ0v) is 12.2. The van der Waals surface area contributed by atoms with Crippen LogP contribution in [0, 0.1) is 5.92 Å². The molecule has 4 nitrogen and oxygen atoms in total. The number of rotatable bonds is 4. The molecule has 2 rings (SSSR count). The fourth-order valence-corrected chi connectivity index (χ4v) is 2.59. The number of nitrogens with two attached hydrogens (primary N) is 1. The first-order chi connectivity index (χ1) is 9.15. The highest BCUT2D eigenvalue weighted by atomic mass is 16.5. The molecule has 3 atom stereocenters. The summed E-state index contributed by atoms with van der Waals surface area (Å²) in [5.41, 5.74) is 8.13. The van der Waals surface area contributed by atoms with Crippen molar-refractivity contribution in [1.82, 2.24) is 4.98 Å². The number of anilines is 1. The van der Waals surface area contributed by atoms with Gasteiger partial charge in [0.25, 0.3) is 0 Å². The van der Waals surface area contributed by atoms with E-state index in [9.17, 15) is 0 Å². The van der Waals surface area contributed by atoms with Crippen molar-refractivity contribution in [3.63, 3.8) is 0 Å². The summed E-state index contributed by atoms with van der Waals surface area (Å²) in [5, 5.41) is 0. The molecule has 0 aliphatic carbocycles. The normalized spacial score (nSPS) is 25.4. The number of ether oxygens (including phenoxy) is 1. The molecule has 0 saturated carbocycles. The van der Waals surface area contributed by atoms with E-state index in [-0.39, 0.29) is 6.04 Å². The molecule has 2 N–H and O–H groups in total. The van der Waals surface area contributed by atoms with Gasteiger partial charge in [-0.05, 0) is 30.9 Å². The van der Waals surface area contributed by atoms with Crippen molar-refractivity contribution in [1.29, 1.82) is 0 Å². The Morgan fingerprint density at radius 3 is 2.89 bits per heavy atom. The van der Waals surface area contributed by atoms with Crippen molar-refractivity contribution in [2.24, 2.45) is 11.7 Å². The highest BCUT2D eigenvalue weighted by molar-refractivity contribution is 5.45. The molecule has 1 aliphatic heterocycles. The van der Waals surface area contributed by atoms with Gasteiger partial charge in [-0.1, -0.05) is 13.8 Å². The average molecular weight is 263 g/mol. The summed E-state index contributed by atoms with van der Waals surface area (Å²) in [6, 6.07) is 4.21. The van der Waals surface area contributed by atoms with Gasteiger partial charge in [-0.2, -0.15) is 0 Å². The smallest absolute Gasteiger partial charge is 0.0772 e. The van der Waals surface area contributed by atoms with Crippen LogP contribution in [-0.2, 0) is 4.74 Å². The maximum atomic E-state index is 5.99. The highest BCUT2D eigenvalue weighted by Gasteiger charge is 2.26. The van der Waals surface area contributed by atoms with E-state index in [0.29, 0.717) is 12.0 Å². The van der Waals surface area contributed by atoms with Gasteiger partial charge in [0.2, 0.25) is 0 Å². The van der Waals surface area contributed by atoms with Crippen molar-refractivity contribution in [3.05, 3.63) is 24.0 Å². The lowest BCUT2D eigenvalue weighted by atomic mass is 9.95. The zero-order chi connectivity index (χ0) is 13.8. The van der Waals surface area contributed by atoms with Crippen LogP contribution in [0.3, 0.4) is 0 Å². The van der Waals surface area contributed by atoms with Crippen LogP contribution in [-0.4, -0.2) is 31.3 Å². The largest absolute Gasteiger partial charge is 0.379 e. The van der Waals surface area contributed by atoms with E-state index in [4.69, 9.17) is 10.5 Å². The lowest BCUT2D eigenvalue weighted by Gasteiger charge is -2.37. The molecule has 1 fully saturated rings. The van der Waals surface area contributed by atoms with Crippen LogP contribution in [0.25, 0.3) is 0 Å². The Morgan fingerprint density at radius 2 is 2.32 bits per heavy atom.